The number of carbonyl (C=O) groups is 1. The fraction of sp³-hybridized carbons (Fsp3) is 0.409. The van der Waals surface area contributed by atoms with E-state index in [0.717, 1.165) is 36.9 Å². The molecule has 0 radical (unpaired) electrons. The van der Waals surface area contributed by atoms with Crippen LogP contribution in [0, 0.1) is 0 Å². The maximum atomic E-state index is 12.4. The van der Waals surface area contributed by atoms with E-state index >= 15 is 0 Å². The van der Waals surface area contributed by atoms with Crippen molar-refractivity contribution in [2.24, 2.45) is 0 Å². The monoisotopic (exact) mass is 404 g/mol. The normalized spacial score (nSPS) is 17.1. The summed E-state index contributed by atoms with van der Waals surface area (Å²) < 4.78 is 11.4. The third kappa shape index (κ3) is 5.88. The van der Waals surface area contributed by atoms with E-state index < -0.39 is 0 Å². The highest BCUT2D eigenvalue weighted by Gasteiger charge is 2.22. The van der Waals surface area contributed by atoms with E-state index in [-0.39, 0.29) is 30.4 Å². The Balaban J connectivity index is 0.00000280. The molecule has 6 heteroatoms. The quantitative estimate of drug-likeness (QED) is 0.731. The molecule has 2 aromatic carbocycles. The van der Waals surface area contributed by atoms with Crippen LogP contribution in [0.5, 0.6) is 11.5 Å². The summed E-state index contributed by atoms with van der Waals surface area (Å²) in [7, 11) is 1.63. The molecule has 2 atom stereocenters. The fourth-order valence-electron chi connectivity index (χ4n) is 3.28. The average Bonchev–Trinajstić information content (AvgIpc) is 2.73. The van der Waals surface area contributed by atoms with Crippen LogP contribution < -0.4 is 20.1 Å². The SMILES string of the molecule is COc1cc(C(C)NC(=O)C2CCCCN2)ccc1OCc1ccccc1.Cl. The van der Waals surface area contributed by atoms with Gasteiger partial charge in [-0.3, -0.25) is 4.79 Å². The summed E-state index contributed by atoms with van der Waals surface area (Å²) in [4.78, 5) is 12.4. The molecule has 28 heavy (non-hydrogen) atoms. The number of ether oxygens (including phenoxy) is 2. The minimum absolute atomic E-state index is 0. The zero-order valence-corrected chi connectivity index (χ0v) is 17.3. The summed E-state index contributed by atoms with van der Waals surface area (Å²) in [5.74, 6) is 1.42. The van der Waals surface area contributed by atoms with Gasteiger partial charge in [-0.1, -0.05) is 42.8 Å². The zero-order valence-electron chi connectivity index (χ0n) is 16.4. The average molecular weight is 405 g/mol. The third-order valence-corrected chi connectivity index (χ3v) is 4.91. The number of hydrogen-bond donors (Lipinski definition) is 2. The minimum atomic E-state index is -0.0988. The topological polar surface area (TPSA) is 59.6 Å². The first-order valence-corrected chi connectivity index (χ1v) is 9.56. The molecule has 1 fully saturated rings. The van der Waals surface area contributed by atoms with Crippen LogP contribution in [0.3, 0.4) is 0 Å². The predicted molar refractivity (Wildman–Crippen MR) is 113 cm³/mol. The molecular formula is C22H29ClN2O3. The molecule has 1 aliphatic heterocycles. The molecule has 152 valence electrons. The lowest BCUT2D eigenvalue weighted by Gasteiger charge is -2.25. The van der Waals surface area contributed by atoms with E-state index in [1.807, 2.05) is 55.5 Å². The van der Waals surface area contributed by atoms with Gasteiger partial charge >= 0.3 is 0 Å². The molecule has 3 rings (SSSR count). The lowest BCUT2D eigenvalue weighted by atomic mass is 10.0. The van der Waals surface area contributed by atoms with Gasteiger partial charge in [-0.25, -0.2) is 0 Å². The smallest absolute Gasteiger partial charge is 0.237 e. The van der Waals surface area contributed by atoms with Gasteiger partial charge in [0.05, 0.1) is 19.2 Å². The first-order valence-electron chi connectivity index (χ1n) is 9.56. The number of hydrogen-bond acceptors (Lipinski definition) is 4. The summed E-state index contributed by atoms with van der Waals surface area (Å²) in [6.45, 7) is 3.38. The Morgan fingerprint density at radius 3 is 2.64 bits per heavy atom. The number of amides is 1. The lowest BCUT2D eigenvalue weighted by molar-refractivity contribution is -0.124. The molecule has 1 aliphatic rings. The van der Waals surface area contributed by atoms with Crippen molar-refractivity contribution in [3.63, 3.8) is 0 Å². The Labute approximate surface area is 173 Å². The highest BCUT2D eigenvalue weighted by molar-refractivity contribution is 5.85. The van der Waals surface area contributed by atoms with Crippen LogP contribution in [0.25, 0.3) is 0 Å². The van der Waals surface area contributed by atoms with Crippen LogP contribution >= 0.6 is 12.4 Å². The maximum Gasteiger partial charge on any atom is 0.237 e. The van der Waals surface area contributed by atoms with Gasteiger partial charge in [0.15, 0.2) is 11.5 Å². The Kier molecular flexibility index (Phi) is 8.61. The number of carbonyl (C=O) groups excluding carboxylic acids is 1. The maximum absolute atomic E-state index is 12.4. The highest BCUT2D eigenvalue weighted by atomic mass is 35.5. The van der Waals surface area contributed by atoms with Crippen molar-refractivity contribution in [3.8, 4) is 11.5 Å². The Bertz CT molecular complexity index is 749. The van der Waals surface area contributed by atoms with E-state index in [1.165, 1.54) is 0 Å². The highest BCUT2D eigenvalue weighted by Crippen LogP contribution is 2.31. The van der Waals surface area contributed by atoms with Crippen LogP contribution in [-0.4, -0.2) is 25.6 Å². The summed E-state index contributed by atoms with van der Waals surface area (Å²) >= 11 is 0. The minimum Gasteiger partial charge on any atom is -0.493 e. The molecule has 5 nitrogen and oxygen atoms in total. The Morgan fingerprint density at radius 1 is 1.18 bits per heavy atom. The fourth-order valence-corrected chi connectivity index (χ4v) is 3.28. The largest absolute Gasteiger partial charge is 0.493 e. The van der Waals surface area contributed by atoms with Gasteiger partial charge < -0.3 is 20.1 Å². The van der Waals surface area contributed by atoms with E-state index in [4.69, 9.17) is 9.47 Å². The number of rotatable bonds is 7. The molecule has 2 N–H and O–H groups in total. The van der Waals surface area contributed by atoms with Crippen LogP contribution in [0.2, 0.25) is 0 Å². The Morgan fingerprint density at radius 2 is 1.96 bits per heavy atom. The second kappa shape index (κ2) is 10.9. The van der Waals surface area contributed by atoms with Gasteiger partial charge in [-0.05, 0) is 49.6 Å². The van der Waals surface area contributed by atoms with E-state index in [9.17, 15) is 4.79 Å². The van der Waals surface area contributed by atoms with Gasteiger partial charge in [0.2, 0.25) is 5.91 Å². The van der Waals surface area contributed by atoms with Gasteiger partial charge in [-0.15, -0.1) is 12.4 Å². The van der Waals surface area contributed by atoms with Gasteiger partial charge in [0, 0.05) is 0 Å². The van der Waals surface area contributed by atoms with Crippen molar-refractivity contribution in [3.05, 3.63) is 59.7 Å². The third-order valence-electron chi connectivity index (χ3n) is 4.91. The van der Waals surface area contributed by atoms with E-state index in [2.05, 4.69) is 10.6 Å². The van der Waals surface area contributed by atoms with Crippen LogP contribution in [0.15, 0.2) is 48.5 Å². The van der Waals surface area contributed by atoms with Crippen LogP contribution in [-0.2, 0) is 11.4 Å². The molecule has 1 amide bonds. The summed E-state index contributed by atoms with van der Waals surface area (Å²) in [6, 6.07) is 15.6. The summed E-state index contributed by atoms with van der Waals surface area (Å²) in [5, 5.41) is 6.38. The van der Waals surface area contributed by atoms with Crippen LogP contribution in [0.4, 0.5) is 0 Å². The molecule has 0 bridgehead atoms. The van der Waals surface area contributed by atoms with Crippen molar-refractivity contribution in [2.45, 2.75) is 44.9 Å². The van der Waals surface area contributed by atoms with Crippen molar-refractivity contribution < 1.29 is 14.3 Å². The molecule has 2 aromatic rings. The zero-order chi connectivity index (χ0) is 19.1. The van der Waals surface area contributed by atoms with Crippen LogP contribution in [0.1, 0.15) is 43.4 Å². The number of methoxy groups -OCH3 is 1. The van der Waals surface area contributed by atoms with E-state index in [1.54, 1.807) is 7.11 Å². The molecule has 0 saturated carbocycles. The van der Waals surface area contributed by atoms with Crippen molar-refractivity contribution in [1.29, 1.82) is 0 Å². The van der Waals surface area contributed by atoms with Crippen molar-refractivity contribution >= 4 is 18.3 Å². The van der Waals surface area contributed by atoms with Gasteiger partial charge in [0.25, 0.3) is 0 Å². The summed E-state index contributed by atoms with van der Waals surface area (Å²) in [5.41, 5.74) is 2.09. The van der Waals surface area contributed by atoms with Gasteiger partial charge in [-0.2, -0.15) is 0 Å². The molecule has 0 spiro atoms. The Hall–Kier alpha value is -2.24. The second-order valence-electron chi connectivity index (χ2n) is 6.92. The summed E-state index contributed by atoms with van der Waals surface area (Å²) in [6.07, 6.45) is 3.13. The molecule has 0 aliphatic carbocycles. The van der Waals surface area contributed by atoms with Crippen molar-refractivity contribution in [2.75, 3.05) is 13.7 Å². The number of halogens is 1. The number of piperidine rings is 1. The number of nitrogens with one attached hydrogen (secondary N) is 2. The molecule has 1 saturated heterocycles. The number of benzene rings is 2. The second-order valence-corrected chi connectivity index (χ2v) is 6.92. The lowest BCUT2D eigenvalue weighted by Crippen LogP contribution is -2.47. The van der Waals surface area contributed by atoms with Gasteiger partial charge in [0.1, 0.15) is 6.61 Å². The van der Waals surface area contributed by atoms with E-state index in [0.29, 0.717) is 18.1 Å². The van der Waals surface area contributed by atoms with Crippen molar-refractivity contribution in [1.82, 2.24) is 10.6 Å². The molecule has 1 heterocycles. The molecule has 2 unspecified atom stereocenters. The predicted octanol–water partition coefficient (Wildman–Crippen LogP) is 4.02. The standard InChI is InChI=1S/C22H28N2O3.ClH/c1-16(24-22(25)19-10-6-7-13-23-19)18-11-12-20(21(14-18)26-2)27-15-17-8-4-3-5-9-17;/h3-5,8-9,11-12,14,16,19,23H,6-7,10,13,15H2,1-2H3,(H,24,25);1H. The first-order chi connectivity index (χ1) is 13.2. The molecular weight excluding hydrogens is 376 g/mol. The molecule has 0 aromatic heterocycles. The first kappa shape index (κ1) is 22.1.